The van der Waals surface area contributed by atoms with Crippen molar-refractivity contribution in [3.8, 4) is 22.4 Å². The molecule has 0 atom stereocenters. The third kappa shape index (κ3) is 3.34. The van der Waals surface area contributed by atoms with E-state index < -0.39 is 0 Å². The van der Waals surface area contributed by atoms with Gasteiger partial charge in [0.05, 0.1) is 10.2 Å². The molecule has 6 rings (SSSR count). The fourth-order valence-corrected chi connectivity index (χ4v) is 5.82. The first-order chi connectivity index (χ1) is 15.9. The number of aromatic nitrogens is 4. The molecule has 0 N–H and O–H groups in total. The van der Waals surface area contributed by atoms with Crippen molar-refractivity contribution in [3.63, 3.8) is 0 Å². The zero-order valence-electron chi connectivity index (χ0n) is 16.8. The Morgan fingerprint density at radius 1 is 0.656 bits per heavy atom. The summed E-state index contributed by atoms with van der Waals surface area (Å²) in [5.74, 6) is 0. The first-order valence-corrected chi connectivity index (χ1v) is 11.8. The molecule has 0 aliphatic rings. The Labute approximate surface area is 193 Å². The number of fused-ring (bicyclic) bond motifs is 3. The molecule has 0 aliphatic carbocycles. The van der Waals surface area contributed by atoms with Crippen LogP contribution in [0.1, 0.15) is 0 Å². The van der Waals surface area contributed by atoms with Crippen LogP contribution in [0.15, 0.2) is 107 Å². The largest absolute Gasteiger partial charge is 0.235 e. The number of rotatable bonds is 4. The standard InChI is InChI=1S/C26H16N4S2/c1-4-10-17(11-5-1)20-21-23-24(26(28-16-27-23)31-19-14-8-3-9-15-19)32-25(21)30-29-22(20)18-12-6-2-7-13-18/h1-16H. The van der Waals surface area contributed by atoms with Crippen LogP contribution in [0.2, 0.25) is 0 Å². The van der Waals surface area contributed by atoms with Crippen molar-refractivity contribution in [1.82, 2.24) is 20.2 Å². The van der Waals surface area contributed by atoms with Crippen LogP contribution < -0.4 is 0 Å². The average molecular weight is 449 g/mol. The molecular weight excluding hydrogens is 432 g/mol. The lowest BCUT2D eigenvalue weighted by molar-refractivity contribution is 1.09. The minimum absolute atomic E-state index is 0.861. The summed E-state index contributed by atoms with van der Waals surface area (Å²) in [5.41, 5.74) is 4.97. The Morgan fingerprint density at radius 3 is 2.03 bits per heavy atom. The van der Waals surface area contributed by atoms with Gasteiger partial charge < -0.3 is 0 Å². The van der Waals surface area contributed by atoms with Crippen LogP contribution >= 0.6 is 23.1 Å². The van der Waals surface area contributed by atoms with Crippen molar-refractivity contribution in [3.05, 3.63) is 97.3 Å². The van der Waals surface area contributed by atoms with Gasteiger partial charge in [-0.1, -0.05) is 90.6 Å². The minimum atomic E-state index is 0.861. The van der Waals surface area contributed by atoms with Crippen LogP contribution in [0.5, 0.6) is 0 Å². The van der Waals surface area contributed by atoms with Crippen molar-refractivity contribution in [2.75, 3.05) is 0 Å². The van der Waals surface area contributed by atoms with Gasteiger partial charge in [-0.25, -0.2) is 9.97 Å². The molecule has 3 heterocycles. The number of thiophene rings is 1. The summed E-state index contributed by atoms with van der Waals surface area (Å²) < 4.78 is 1.04. The zero-order valence-corrected chi connectivity index (χ0v) is 18.5. The van der Waals surface area contributed by atoms with Crippen molar-refractivity contribution in [2.45, 2.75) is 9.92 Å². The van der Waals surface area contributed by atoms with Crippen LogP contribution in [-0.4, -0.2) is 20.2 Å². The Morgan fingerprint density at radius 2 is 1.31 bits per heavy atom. The molecule has 0 amide bonds. The van der Waals surface area contributed by atoms with Crippen LogP contribution in [0.4, 0.5) is 0 Å². The van der Waals surface area contributed by atoms with E-state index in [9.17, 15) is 0 Å². The van der Waals surface area contributed by atoms with Gasteiger partial charge in [0, 0.05) is 21.4 Å². The van der Waals surface area contributed by atoms with E-state index in [4.69, 9.17) is 4.98 Å². The number of hydrogen-bond donors (Lipinski definition) is 0. The van der Waals surface area contributed by atoms with E-state index in [1.54, 1.807) is 29.4 Å². The highest BCUT2D eigenvalue weighted by molar-refractivity contribution is 7.99. The van der Waals surface area contributed by atoms with E-state index in [2.05, 4.69) is 63.7 Å². The molecule has 0 saturated heterocycles. The lowest BCUT2D eigenvalue weighted by atomic mass is 9.97. The normalized spacial score (nSPS) is 11.2. The molecule has 4 nitrogen and oxygen atoms in total. The molecule has 3 aromatic heterocycles. The monoisotopic (exact) mass is 448 g/mol. The predicted octanol–water partition coefficient (Wildman–Crippen LogP) is 7.12. The van der Waals surface area contributed by atoms with Crippen molar-refractivity contribution < 1.29 is 0 Å². The van der Waals surface area contributed by atoms with E-state index in [-0.39, 0.29) is 0 Å². The maximum Gasteiger partial charge on any atom is 0.149 e. The van der Waals surface area contributed by atoms with Crippen LogP contribution in [0, 0.1) is 0 Å². The van der Waals surface area contributed by atoms with Crippen LogP contribution in [0.25, 0.3) is 42.8 Å². The molecular formula is C26H16N4S2. The van der Waals surface area contributed by atoms with E-state index in [1.165, 1.54) is 0 Å². The van der Waals surface area contributed by atoms with Crippen molar-refractivity contribution in [2.24, 2.45) is 0 Å². The molecule has 0 saturated carbocycles. The van der Waals surface area contributed by atoms with Gasteiger partial charge in [0.25, 0.3) is 0 Å². The van der Waals surface area contributed by atoms with Gasteiger partial charge in [-0.15, -0.1) is 21.5 Å². The smallest absolute Gasteiger partial charge is 0.149 e. The lowest BCUT2D eigenvalue weighted by Gasteiger charge is -2.10. The van der Waals surface area contributed by atoms with E-state index in [0.29, 0.717) is 0 Å². The van der Waals surface area contributed by atoms with Gasteiger partial charge in [-0.2, -0.15) is 0 Å². The maximum absolute atomic E-state index is 4.71. The zero-order chi connectivity index (χ0) is 21.3. The topological polar surface area (TPSA) is 51.6 Å². The summed E-state index contributed by atoms with van der Waals surface area (Å²) in [7, 11) is 0. The highest BCUT2D eigenvalue weighted by atomic mass is 32.2. The lowest BCUT2D eigenvalue weighted by Crippen LogP contribution is -1.94. The second kappa shape index (κ2) is 8.15. The highest BCUT2D eigenvalue weighted by Crippen LogP contribution is 2.44. The van der Waals surface area contributed by atoms with Crippen LogP contribution in [0.3, 0.4) is 0 Å². The summed E-state index contributed by atoms with van der Waals surface area (Å²) in [6.07, 6.45) is 1.65. The van der Waals surface area contributed by atoms with Crippen molar-refractivity contribution >= 4 is 43.5 Å². The Balaban J connectivity index is 1.65. The van der Waals surface area contributed by atoms with Crippen molar-refractivity contribution in [1.29, 1.82) is 0 Å². The molecule has 0 spiro atoms. The molecule has 0 unspecified atom stereocenters. The molecule has 0 aliphatic heterocycles. The summed E-state index contributed by atoms with van der Waals surface area (Å²) >= 11 is 3.25. The van der Waals surface area contributed by atoms with Crippen LogP contribution in [-0.2, 0) is 0 Å². The number of nitrogens with zero attached hydrogens (tertiary/aromatic N) is 4. The minimum Gasteiger partial charge on any atom is -0.235 e. The Hall–Kier alpha value is -3.61. The molecule has 32 heavy (non-hydrogen) atoms. The van der Waals surface area contributed by atoms with Gasteiger partial charge in [0.1, 0.15) is 21.9 Å². The van der Waals surface area contributed by atoms with E-state index >= 15 is 0 Å². The SMILES string of the molecule is c1ccc(Sc2ncnc3c2sc2nnc(-c4ccccc4)c(-c4ccccc4)c23)cc1. The highest BCUT2D eigenvalue weighted by Gasteiger charge is 2.21. The van der Waals surface area contributed by atoms with Gasteiger partial charge >= 0.3 is 0 Å². The van der Waals surface area contributed by atoms with E-state index in [0.717, 1.165) is 52.7 Å². The number of hydrogen-bond acceptors (Lipinski definition) is 6. The first kappa shape index (κ1) is 19.1. The average Bonchev–Trinajstić information content (AvgIpc) is 3.25. The summed E-state index contributed by atoms with van der Waals surface area (Å²) in [4.78, 5) is 11.3. The Bertz CT molecular complexity index is 1530. The second-order valence-electron chi connectivity index (χ2n) is 7.21. The maximum atomic E-state index is 4.71. The van der Waals surface area contributed by atoms with Gasteiger partial charge in [0.15, 0.2) is 0 Å². The molecule has 0 fully saturated rings. The third-order valence-electron chi connectivity index (χ3n) is 5.22. The summed E-state index contributed by atoms with van der Waals surface area (Å²) in [5, 5.41) is 11.3. The van der Waals surface area contributed by atoms with Gasteiger partial charge in [0.2, 0.25) is 0 Å². The first-order valence-electron chi connectivity index (χ1n) is 10.2. The predicted molar refractivity (Wildman–Crippen MR) is 132 cm³/mol. The van der Waals surface area contributed by atoms with E-state index in [1.807, 2.05) is 42.5 Å². The molecule has 3 aromatic carbocycles. The second-order valence-corrected chi connectivity index (χ2v) is 9.27. The summed E-state index contributed by atoms with van der Waals surface area (Å²) in [6, 6.07) is 30.9. The summed E-state index contributed by atoms with van der Waals surface area (Å²) in [6.45, 7) is 0. The van der Waals surface area contributed by atoms with Gasteiger partial charge in [-0.3, -0.25) is 0 Å². The van der Waals surface area contributed by atoms with Gasteiger partial charge in [-0.05, 0) is 17.7 Å². The number of benzene rings is 3. The fourth-order valence-electron chi connectivity index (χ4n) is 3.79. The Kier molecular flexibility index (Phi) is 4.86. The molecule has 6 aromatic rings. The molecule has 6 heteroatoms. The molecule has 152 valence electrons. The quantitative estimate of drug-likeness (QED) is 0.269. The molecule has 0 bridgehead atoms. The molecule has 0 radical (unpaired) electrons. The third-order valence-corrected chi connectivity index (χ3v) is 7.43. The fraction of sp³-hybridized carbons (Fsp3) is 0.